The molecule has 4 heteroatoms. The average molecular weight is 221 g/mol. The molecule has 3 N–H and O–H groups in total. The zero-order valence-corrected chi connectivity index (χ0v) is 9.10. The number of amides is 1. The second-order valence-corrected chi connectivity index (χ2v) is 3.41. The van der Waals surface area contributed by atoms with Crippen LogP contribution in [0, 0.1) is 0 Å². The Bertz CT molecular complexity index is 379. The molecule has 0 aromatic heterocycles. The van der Waals surface area contributed by atoms with Gasteiger partial charge in [0.2, 0.25) is 5.91 Å². The van der Waals surface area contributed by atoms with E-state index in [-0.39, 0.29) is 17.4 Å². The van der Waals surface area contributed by atoms with Crippen LogP contribution < -0.4 is 5.32 Å². The van der Waals surface area contributed by atoms with E-state index < -0.39 is 0 Å². The highest BCUT2D eigenvalue weighted by atomic mass is 16.3. The lowest BCUT2D eigenvalue weighted by Gasteiger charge is -1.99. The Labute approximate surface area is 94.2 Å². The Hall–Kier alpha value is -1.97. The maximum absolute atomic E-state index is 11.2. The number of rotatable bonds is 4. The lowest BCUT2D eigenvalue weighted by molar-refractivity contribution is -0.116. The molecule has 4 nitrogen and oxygen atoms in total. The van der Waals surface area contributed by atoms with E-state index in [0.29, 0.717) is 12.1 Å². The molecule has 1 aromatic carbocycles. The van der Waals surface area contributed by atoms with Gasteiger partial charge in [-0.15, -0.1) is 0 Å². The number of aromatic hydroxyl groups is 2. The van der Waals surface area contributed by atoms with Crippen LogP contribution in [-0.2, 0) is 4.79 Å². The first-order valence-electron chi connectivity index (χ1n) is 5.10. The SMILES string of the molecule is CCCNC(=O)/C=C/c1cc(O)cc(O)c1. The lowest BCUT2D eigenvalue weighted by Crippen LogP contribution is -2.21. The Morgan fingerprint density at radius 3 is 2.50 bits per heavy atom. The molecule has 0 saturated carbocycles. The Kier molecular flexibility index (Phi) is 4.39. The molecule has 0 fully saturated rings. The summed E-state index contributed by atoms with van der Waals surface area (Å²) in [4.78, 5) is 11.2. The fraction of sp³-hybridized carbons (Fsp3) is 0.250. The van der Waals surface area contributed by atoms with Crippen LogP contribution >= 0.6 is 0 Å². The smallest absolute Gasteiger partial charge is 0.243 e. The number of hydrogen-bond acceptors (Lipinski definition) is 3. The van der Waals surface area contributed by atoms with Gasteiger partial charge in [-0.3, -0.25) is 4.79 Å². The first kappa shape index (κ1) is 12.1. The number of phenolic OH excluding ortho intramolecular Hbond substituents is 2. The molecule has 86 valence electrons. The highest BCUT2D eigenvalue weighted by Gasteiger charge is 1.97. The summed E-state index contributed by atoms with van der Waals surface area (Å²) in [5, 5.41) is 21.1. The molecule has 0 aliphatic heterocycles. The fourth-order valence-corrected chi connectivity index (χ4v) is 1.19. The van der Waals surface area contributed by atoms with Crippen LogP contribution in [0.2, 0.25) is 0 Å². The first-order valence-corrected chi connectivity index (χ1v) is 5.10. The summed E-state index contributed by atoms with van der Waals surface area (Å²) in [6.45, 7) is 2.60. The zero-order valence-electron chi connectivity index (χ0n) is 9.10. The van der Waals surface area contributed by atoms with E-state index in [1.54, 1.807) is 0 Å². The topological polar surface area (TPSA) is 69.6 Å². The molecule has 0 aliphatic carbocycles. The summed E-state index contributed by atoms with van der Waals surface area (Å²) in [5.41, 5.74) is 0.573. The van der Waals surface area contributed by atoms with Gasteiger partial charge in [0.1, 0.15) is 11.5 Å². The number of hydrogen-bond donors (Lipinski definition) is 3. The van der Waals surface area contributed by atoms with Crippen molar-refractivity contribution in [2.24, 2.45) is 0 Å². The quantitative estimate of drug-likeness (QED) is 0.677. The molecule has 0 unspecified atom stereocenters. The second kappa shape index (κ2) is 5.80. The third kappa shape index (κ3) is 4.04. The van der Waals surface area contributed by atoms with E-state index in [4.69, 9.17) is 0 Å². The van der Waals surface area contributed by atoms with Crippen molar-refractivity contribution in [2.45, 2.75) is 13.3 Å². The first-order chi connectivity index (χ1) is 7.61. The molecule has 16 heavy (non-hydrogen) atoms. The van der Waals surface area contributed by atoms with Crippen molar-refractivity contribution in [1.82, 2.24) is 5.32 Å². The predicted molar refractivity (Wildman–Crippen MR) is 62.1 cm³/mol. The summed E-state index contributed by atoms with van der Waals surface area (Å²) in [7, 11) is 0. The van der Waals surface area contributed by atoms with E-state index in [2.05, 4.69) is 5.32 Å². The highest BCUT2D eigenvalue weighted by Crippen LogP contribution is 2.20. The van der Waals surface area contributed by atoms with E-state index in [9.17, 15) is 15.0 Å². The van der Waals surface area contributed by atoms with Gasteiger partial charge in [0.25, 0.3) is 0 Å². The van der Waals surface area contributed by atoms with Gasteiger partial charge in [0.05, 0.1) is 0 Å². The van der Waals surface area contributed by atoms with Gasteiger partial charge in [-0.2, -0.15) is 0 Å². The van der Waals surface area contributed by atoms with Crippen molar-refractivity contribution in [3.05, 3.63) is 29.8 Å². The molecule has 0 radical (unpaired) electrons. The van der Waals surface area contributed by atoms with Crippen molar-refractivity contribution in [3.8, 4) is 11.5 Å². The predicted octanol–water partition coefficient (Wildman–Crippen LogP) is 1.64. The molecule has 0 saturated heterocycles. The standard InChI is InChI=1S/C12H15NO3/c1-2-5-13-12(16)4-3-9-6-10(14)8-11(15)7-9/h3-4,6-8,14-15H,2,5H2,1H3,(H,13,16)/b4-3+. The van der Waals surface area contributed by atoms with Crippen LogP contribution in [0.3, 0.4) is 0 Å². The van der Waals surface area contributed by atoms with Crippen molar-refractivity contribution in [1.29, 1.82) is 0 Å². The summed E-state index contributed by atoms with van der Waals surface area (Å²) in [6.07, 6.45) is 3.78. The molecule has 0 bridgehead atoms. The van der Waals surface area contributed by atoms with Crippen molar-refractivity contribution < 1.29 is 15.0 Å². The van der Waals surface area contributed by atoms with Gasteiger partial charge in [-0.1, -0.05) is 6.92 Å². The summed E-state index contributed by atoms with van der Waals surface area (Å²) >= 11 is 0. The van der Waals surface area contributed by atoms with Crippen LogP contribution in [-0.4, -0.2) is 22.7 Å². The van der Waals surface area contributed by atoms with Crippen molar-refractivity contribution in [3.63, 3.8) is 0 Å². The van der Waals surface area contributed by atoms with Crippen LogP contribution in [0.25, 0.3) is 6.08 Å². The van der Waals surface area contributed by atoms with Crippen LogP contribution in [0.1, 0.15) is 18.9 Å². The number of carbonyl (C=O) groups excluding carboxylic acids is 1. The molecule has 1 rings (SSSR count). The summed E-state index contributed by atoms with van der Waals surface area (Å²) in [5.74, 6) is -0.257. The normalized spacial score (nSPS) is 10.6. The minimum atomic E-state index is -0.190. The molecular weight excluding hydrogens is 206 g/mol. The molecule has 0 atom stereocenters. The summed E-state index contributed by atoms with van der Waals surface area (Å²) in [6, 6.07) is 4.15. The largest absolute Gasteiger partial charge is 0.508 e. The monoisotopic (exact) mass is 221 g/mol. The van der Waals surface area contributed by atoms with Crippen molar-refractivity contribution in [2.75, 3.05) is 6.54 Å². The molecule has 1 amide bonds. The lowest BCUT2D eigenvalue weighted by atomic mass is 10.2. The summed E-state index contributed by atoms with van der Waals surface area (Å²) < 4.78 is 0. The average Bonchev–Trinajstić information content (AvgIpc) is 2.22. The van der Waals surface area contributed by atoms with Gasteiger partial charge in [0.15, 0.2) is 0 Å². The zero-order chi connectivity index (χ0) is 12.0. The number of phenols is 2. The van der Waals surface area contributed by atoms with E-state index in [1.807, 2.05) is 6.92 Å². The van der Waals surface area contributed by atoms with Crippen molar-refractivity contribution >= 4 is 12.0 Å². The fourth-order valence-electron chi connectivity index (χ4n) is 1.19. The van der Waals surface area contributed by atoms with Gasteiger partial charge >= 0.3 is 0 Å². The van der Waals surface area contributed by atoms with Crippen LogP contribution in [0.4, 0.5) is 0 Å². The van der Waals surface area contributed by atoms with E-state index in [1.165, 1.54) is 30.4 Å². The van der Waals surface area contributed by atoms with Gasteiger partial charge in [-0.05, 0) is 30.2 Å². The van der Waals surface area contributed by atoms with E-state index >= 15 is 0 Å². The second-order valence-electron chi connectivity index (χ2n) is 3.41. The third-order valence-corrected chi connectivity index (χ3v) is 1.90. The maximum Gasteiger partial charge on any atom is 0.243 e. The van der Waals surface area contributed by atoms with Crippen LogP contribution in [0.15, 0.2) is 24.3 Å². The molecule has 0 aliphatic rings. The Balaban J connectivity index is 2.65. The van der Waals surface area contributed by atoms with Gasteiger partial charge in [-0.25, -0.2) is 0 Å². The molecule has 1 aromatic rings. The Morgan fingerprint density at radius 2 is 1.94 bits per heavy atom. The number of nitrogens with one attached hydrogen (secondary N) is 1. The minimum absolute atomic E-state index is 0.0337. The highest BCUT2D eigenvalue weighted by molar-refractivity contribution is 5.91. The molecular formula is C12H15NO3. The minimum Gasteiger partial charge on any atom is -0.508 e. The number of benzene rings is 1. The van der Waals surface area contributed by atoms with Crippen LogP contribution in [0.5, 0.6) is 11.5 Å². The molecule has 0 spiro atoms. The van der Waals surface area contributed by atoms with Gasteiger partial charge in [0, 0.05) is 18.7 Å². The third-order valence-electron chi connectivity index (χ3n) is 1.90. The maximum atomic E-state index is 11.2. The number of carbonyl (C=O) groups is 1. The molecule has 0 heterocycles. The van der Waals surface area contributed by atoms with E-state index in [0.717, 1.165) is 6.42 Å². The van der Waals surface area contributed by atoms with Gasteiger partial charge < -0.3 is 15.5 Å². The Morgan fingerprint density at radius 1 is 1.31 bits per heavy atom.